The van der Waals surface area contributed by atoms with Crippen molar-refractivity contribution in [3.05, 3.63) is 30.1 Å². The summed E-state index contributed by atoms with van der Waals surface area (Å²) in [5.41, 5.74) is 0.460. The van der Waals surface area contributed by atoms with Gasteiger partial charge in [0, 0.05) is 12.4 Å². The molecule has 0 aliphatic carbocycles. The SMILES string of the molecule is CC(C)(C)C(C(=O)O)c1cccnc1. The summed E-state index contributed by atoms with van der Waals surface area (Å²) in [4.78, 5) is 15.1. The lowest BCUT2D eigenvalue weighted by Crippen LogP contribution is -2.26. The van der Waals surface area contributed by atoms with Crippen LogP contribution in [0.2, 0.25) is 0 Å². The van der Waals surface area contributed by atoms with E-state index in [0.29, 0.717) is 0 Å². The average Bonchev–Trinajstić information content (AvgIpc) is 2.02. The molecule has 0 saturated heterocycles. The first-order valence-electron chi connectivity index (χ1n) is 4.55. The van der Waals surface area contributed by atoms with Crippen molar-refractivity contribution in [2.45, 2.75) is 26.7 Å². The number of aliphatic carboxylic acids is 1. The molecule has 0 aliphatic rings. The van der Waals surface area contributed by atoms with E-state index in [1.807, 2.05) is 20.8 Å². The Bertz CT molecular complexity index is 314. The van der Waals surface area contributed by atoms with E-state index >= 15 is 0 Å². The fourth-order valence-electron chi connectivity index (χ4n) is 1.56. The van der Waals surface area contributed by atoms with Crippen LogP contribution >= 0.6 is 0 Å². The minimum atomic E-state index is -0.800. The van der Waals surface area contributed by atoms with Gasteiger partial charge in [0.1, 0.15) is 0 Å². The maximum absolute atomic E-state index is 11.1. The zero-order chi connectivity index (χ0) is 10.8. The summed E-state index contributed by atoms with van der Waals surface area (Å²) < 4.78 is 0. The van der Waals surface area contributed by atoms with Gasteiger partial charge in [0.2, 0.25) is 0 Å². The molecule has 1 N–H and O–H groups in total. The average molecular weight is 193 g/mol. The molecule has 0 radical (unpaired) electrons. The van der Waals surface area contributed by atoms with Gasteiger partial charge in [-0.15, -0.1) is 0 Å². The molecule has 0 bridgehead atoms. The molecule has 1 rings (SSSR count). The summed E-state index contributed by atoms with van der Waals surface area (Å²) in [6.07, 6.45) is 3.26. The van der Waals surface area contributed by atoms with E-state index in [1.165, 1.54) is 0 Å². The van der Waals surface area contributed by atoms with Gasteiger partial charge in [-0.05, 0) is 17.0 Å². The summed E-state index contributed by atoms with van der Waals surface area (Å²) >= 11 is 0. The standard InChI is InChI=1S/C11H15NO2/c1-11(2,3)9(10(13)14)8-5-4-6-12-7-8/h4-7,9H,1-3H3,(H,13,14). The summed E-state index contributed by atoms with van der Waals surface area (Å²) in [5.74, 6) is -1.30. The van der Waals surface area contributed by atoms with Crippen molar-refractivity contribution in [3.8, 4) is 0 Å². The summed E-state index contributed by atoms with van der Waals surface area (Å²) in [6.45, 7) is 5.75. The number of hydrogen-bond acceptors (Lipinski definition) is 2. The van der Waals surface area contributed by atoms with E-state index in [0.717, 1.165) is 5.56 Å². The quantitative estimate of drug-likeness (QED) is 0.784. The summed E-state index contributed by atoms with van der Waals surface area (Å²) in [6, 6.07) is 3.56. The molecular weight excluding hydrogens is 178 g/mol. The molecule has 3 nitrogen and oxygen atoms in total. The Labute approximate surface area is 83.8 Å². The molecule has 76 valence electrons. The first-order chi connectivity index (χ1) is 6.43. The molecule has 0 amide bonds. The highest BCUT2D eigenvalue weighted by molar-refractivity contribution is 5.76. The van der Waals surface area contributed by atoms with Gasteiger partial charge in [-0.2, -0.15) is 0 Å². The Morgan fingerprint density at radius 2 is 2.14 bits per heavy atom. The molecule has 1 heterocycles. The van der Waals surface area contributed by atoms with Crippen LogP contribution < -0.4 is 0 Å². The van der Waals surface area contributed by atoms with Gasteiger partial charge in [0.15, 0.2) is 0 Å². The number of carboxylic acid groups (broad SMARTS) is 1. The van der Waals surface area contributed by atoms with Crippen LogP contribution in [0.1, 0.15) is 32.3 Å². The third kappa shape index (κ3) is 2.31. The van der Waals surface area contributed by atoms with E-state index in [1.54, 1.807) is 24.5 Å². The Morgan fingerprint density at radius 3 is 2.50 bits per heavy atom. The molecule has 1 atom stereocenters. The van der Waals surface area contributed by atoms with E-state index < -0.39 is 11.9 Å². The van der Waals surface area contributed by atoms with Crippen molar-refractivity contribution >= 4 is 5.97 Å². The van der Waals surface area contributed by atoms with Crippen LogP contribution in [0.25, 0.3) is 0 Å². The van der Waals surface area contributed by atoms with Gasteiger partial charge in [0.25, 0.3) is 0 Å². The molecule has 0 aromatic carbocycles. The lowest BCUT2D eigenvalue weighted by atomic mass is 9.77. The first kappa shape index (κ1) is 10.7. The number of carboxylic acids is 1. The van der Waals surface area contributed by atoms with Crippen LogP contribution in [-0.4, -0.2) is 16.1 Å². The third-order valence-electron chi connectivity index (χ3n) is 2.13. The number of pyridine rings is 1. The van der Waals surface area contributed by atoms with Crippen molar-refractivity contribution < 1.29 is 9.90 Å². The maximum Gasteiger partial charge on any atom is 0.311 e. The Hall–Kier alpha value is -1.38. The van der Waals surface area contributed by atoms with Gasteiger partial charge in [-0.1, -0.05) is 26.8 Å². The van der Waals surface area contributed by atoms with Crippen LogP contribution in [0.4, 0.5) is 0 Å². The van der Waals surface area contributed by atoms with Crippen molar-refractivity contribution in [2.24, 2.45) is 5.41 Å². The van der Waals surface area contributed by atoms with Gasteiger partial charge in [0.05, 0.1) is 5.92 Å². The van der Waals surface area contributed by atoms with E-state index in [9.17, 15) is 4.79 Å². The monoisotopic (exact) mass is 193 g/mol. The second kappa shape index (κ2) is 3.78. The van der Waals surface area contributed by atoms with E-state index in [-0.39, 0.29) is 5.41 Å². The highest BCUT2D eigenvalue weighted by Crippen LogP contribution is 2.34. The largest absolute Gasteiger partial charge is 0.481 e. The molecule has 0 fully saturated rings. The third-order valence-corrected chi connectivity index (χ3v) is 2.13. The fourth-order valence-corrected chi connectivity index (χ4v) is 1.56. The topological polar surface area (TPSA) is 50.2 Å². The van der Waals surface area contributed by atoms with E-state index in [2.05, 4.69) is 4.98 Å². The summed E-state index contributed by atoms with van der Waals surface area (Å²) in [5, 5.41) is 9.13. The van der Waals surface area contributed by atoms with E-state index in [4.69, 9.17) is 5.11 Å². The highest BCUT2D eigenvalue weighted by Gasteiger charge is 2.32. The first-order valence-corrected chi connectivity index (χ1v) is 4.55. The second-order valence-corrected chi connectivity index (χ2v) is 4.42. The molecule has 1 aromatic rings. The minimum Gasteiger partial charge on any atom is -0.481 e. The molecule has 3 heteroatoms. The number of hydrogen-bond donors (Lipinski definition) is 1. The van der Waals surface area contributed by atoms with Gasteiger partial charge in [-0.25, -0.2) is 0 Å². The van der Waals surface area contributed by atoms with Crippen molar-refractivity contribution in [1.82, 2.24) is 4.98 Å². The fraction of sp³-hybridized carbons (Fsp3) is 0.455. The number of rotatable bonds is 2. The van der Waals surface area contributed by atoms with Gasteiger partial charge < -0.3 is 5.11 Å². The maximum atomic E-state index is 11.1. The van der Waals surface area contributed by atoms with Crippen molar-refractivity contribution in [1.29, 1.82) is 0 Å². The Morgan fingerprint density at radius 1 is 1.50 bits per heavy atom. The van der Waals surface area contributed by atoms with Crippen LogP contribution in [0.15, 0.2) is 24.5 Å². The molecule has 14 heavy (non-hydrogen) atoms. The van der Waals surface area contributed by atoms with Crippen molar-refractivity contribution in [2.75, 3.05) is 0 Å². The lowest BCUT2D eigenvalue weighted by Gasteiger charge is -2.26. The second-order valence-electron chi connectivity index (χ2n) is 4.42. The smallest absolute Gasteiger partial charge is 0.311 e. The predicted molar refractivity (Wildman–Crippen MR) is 54.1 cm³/mol. The van der Waals surface area contributed by atoms with Crippen LogP contribution in [0.5, 0.6) is 0 Å². The number of aromatic nitrogens is 1. The minimum absolute atomic E-state index is 0.297. The molecule has 1 aromatic heterocycles. The molecular formula is C11H15NO2. The van der Waals surface area contributed by atoms with Crippen LogP contribution in [0.3, 0.4) is 0 Å². The molecule has 1 unspecified atom stereocenters. The van der Waals surface area contributed by atoms with Gasteiger partial charge in [-0.3, -0.25) is 9.78 Å². The normalized spacial score (nSPS) is 13.6. The zero-order valence-electron chi connectivity index (χ0n) is 8.69. The predicted octanol–water partition coefficient (Wildman–Crippen LogP) is 2.30. The van der Waals surface area contributed by atoms with Crippen LogP contribution in [-0.2, 0) is 4.79 Å². The Kier molecular flexibility index (Phi) is 2.89. The zero-order valence-corrected chi connectivity index (χ0v) is 8.69. The van der Waals surface area contributed by atoms with Crippen LogP contribution in [0, 0.1) is 5.41 Å². The van der Waals surface area contributed by atoms with Gasteiger partial charge >= 0.3 is 5.97 Å². The highest BCUT2D eigenvalue weighted by atomic mass is 16.4. The Balaban J connectivity index is 3.08. The van der Waals surface area contributed by atoms with Crippen molar-refractivity contribution in [3.63, 3.8) is 0 Å². The molecule has 0 aliphatic heterocycles. The summed E-state index contributed by atoms with van der Waals surface area (Å²) in [7, 11) is 0. The molecule has 0 spiro atoms. The molecule has 0 saturated carbocycles. The number of carbonyl (C=O) groups is 1. The number of nitrogens with zero attached hydrogens (tertiary/aromatic N) is 1. The lowest BCUT2D eigenvalue weighted by molar-refractivity contribution is -0.141.